The van der Waals surface area contributed by atoms with Gasteiger partial charge in [0.05, 0.1) is 11.9 Å². The Morgan fingerprint density at radius 3 is 2.56 bits per heavy atom. The summed E-state index contributed by atoms with van der Waals surface area (Å²) in [5.74, 6) is 1.84. The summed E-state index contributed by atoms with van der Waals surface area (Å²) in [6.07, 6.45) is 24.4. The van der Waals surface area contributed by atoms with E-state index in [0.29, 0.717) is 0 Å². The number of hydrogen-bond acceptors (Lipinski definition) is 6. The van der Waals surface area contributed by atoms with Crippen molar-refractivity contribution in [1.29, 1.82) is 5.53 Å². The van der Waals surface area contributed by atoms with Gasteiger partial charge in [-0.15, -0.1) is 5.10 Å². The van der Waals surface area contributed by atoms with E-state index in [0.717, 1.165) is 67.2 Å². The Morgan fingerprint density at radius 2 is 1.84 bits per heavy atom. The maximum absolute atomic E-state index is 6.71. The average Bonchev–Trinajstić information content (AvgIpc) is 3.51. The molecular formula is C36H55N7. The van der Waals surface area contributed by atoms with Gasteiger partial charge in [0.25, 0.3) is 0 Å². The van der Waals surface area contributed by atoms with Crippen LogP contribution in [-0.4, -0.2) is 24.8 Å². The first kappa shape index (κ1) is 35.6. The molecule has 0 amide bonds. The van der Waals surface area contributed by atoms with Crippen LogP contribution in [0.15, 0.2) is 76.6 Å². The lowest BCUT2D eigenvalue weighted by Crippen LogP contribution is -2.09. The summed E-state index contributed by atoms with van der Waals surface area (Å²) in [6, 6.07) is 10.2. The van der Waals surface area contributed by atoms with E-state index in [9.17, 15) is 0 Å². The predicted molar refractivity (Wildman–Crippen MR) is 185 cm³/mol. The second-order valence-corrected chi connectivity index (χ2v) is 11.3. The summed E-state index contributed by atoms with van der Waals surface area (Å²) < 4.78 is 0. The zero-order chi connectivity index (χ0) is 31.3. The van der Waals surface area contributed by atoms with Gasteiger partial charge in [0.2, 0.25) is 0 Å². The highest BCUT2D eigenvalue weighted by atomic mass is 15.3. The van der Waals surface area contributed by atoms with Crippen molar-refractivity contribution in [2.45, 2.75) is 97.3 Å². The van der Waals surface area contributed by atoms with E-state index in [1.54, 1.807) is 6.21 Å². The molecule has 43 heavy (non-hydrogen) atoms. The molecule has 6 N–H and O–H groups in total. The van der Waals surface area contributed by atoms with Gasteiger partial charge in [0.15, 0.2) is 0 Å². The molecule has 0 bridgehead atoms. The van der Waals surface area contributed by atoms with Crippen LogP contribution in [0.5, 0.6) is 0 Å². The standard InChI is InChI=1S/C18H31N3.C17H19N3.CH5N/c1-3-12-20-18-17(19)14(2)13-16(21-18)11-7-10-15-8-5-4-6-9-15;1-2-14-9-5-10-15(14)11-6-12-16-7-3-4-8-17(16)13-19-20-18;1-2/h13,15H,3-12,19H2,1-2H3,(H,20,21);2-4,6-8,11,13,18H,1,5,9-10,12H2;2H2,1H3/b;11-6-,19-13+,20-18?;. The largest absolute Gasteiger partial charge is 0.396 e. The van der Waals surface area contributed by atoms with Crippen LogP contribution in [0.1, 0.15) is 99.9 Å². The predicted octanol–water partition coefficient (Wildman–Crippen LogP) is 9.09. The molecule has 7 nitrogen and oxygen atoms in total. The molecule has 1 aromatic carbocycles. The number of rotatable bonds is 13. The topological polar surface area (TPSA) is 126 Å². The molecule has 0 unspecified atom stereocenters. The summed E-state index contributed by atoms with van der Waals surface area (Å²) in [7, 11) is 1.50. The lowest BCUT2D eigenvalue weighted by Gasteiger charge is -2.21. The molecule has 0 spiro atoms. The van der Waals surface area contributed by atoms with Crippen molar-refractivity contribution in [3.8, 4) is 0 Å². The van der Waals surface area contributed by atoms with Gasteiger partial charge in [-0.3, -0.25) is 0 Å². The molecule has 234 valence electrons. The first-order valence-corrected chi connectivity index (χ1v) is 16.1. The minimum atomic E-state index is 0.805. The number of allylic oxidation sites excluding steroid dienone is 5. The first-order valence-electron chi connectivity index (χ1n) is 16.1. The molecule has 2 aliphatic carbocycles. The van der Waals surface area contributed by atoms with Crippen LogP contribution in [0.4, 0.5) is 11.5 Å². The molecule has 2 aromatic rings. The van der Waals surface area contributed by atoms with Gasteiger partial charge in [-0.1, -0.05) is 99.7 Å². The van der Waals surface area contributed by atoms with E-state index in [2.05, 4.69) is 66.1 Å². The van der Waals surface area contributed by atoms with Crippen LogP contribution in [-0.2, 0) is 12.8 Å². The Bertz CT molecular complexity index is 1210. The highest BCUT2D eigenvalue weighted by molar-refractivity contribution is 5.81. The summed E-state index contributed by atoms with van der Waals surface area (Å²) in [5.41, 5.74) is 25.5. The summed E-state index contributed by atoms with van der Waals surface area (Å²) >= 11 is 0. The van der Waals surface area contributed by atoms with E-state index >= 15 is 0 Å². The van der Waals surface area contributed by atoms with Gasteiger partial charge >= 0.3 is 0 Å². The lowest BCUT2D eigenvalue weighted by atomic mass is 9.85. The van der Waals surface area contributed by atoms with Gasteiger partial charge < -0.3 is 16.8 Å². The summed E-state index contributed by atoms with van der Waals surface area (Å²) in [4.78, 5) is 4.72. The molecule has 2 aliphatic rings. The van der Waals surface area contributed by atoms with Crippen molar-refractivity contribution >= 4 is 17.7 Å². The SMILES string of the molecule is C=CC1=C(/C=C\Cc2ccccc2/C=N/N=N)CCC1.CCCNc1nc(CCCC2CCCCC2)cc(C)c1N.CN. The third-order valence-electron chi connectivity index (χ3n) is 8.15. The van der Waals surface area contributed by atoms with Gasteiger partial charge in [-0.2, -0.15) is 5.53 Å². The number of nitrogens with two attached hydrogens (primary N) is 2. The van der Waals surface area contributed by atoms with Crippen molar-refractivity contribution < 1.29 is 0 Å². The van der Waals surface area contributed by atoms with Gasteiger partial charge in [0, 0.05) is 12.2 Å². The Balaban J connectivity index is 0.000000284. The molecule has 1 fully saturated rings. The van der Waals surface area contributed by atoms with Gasteiger partial charge in [-0.25, -0.2) is 4.98 Å². The van der Waals surface area contributed by atoms with Crippen LogP contribution in [0.2, 0.25) is 0 Å². The summed E-state index contributed by atoms with van der Waals surface area (Å²) in [5, 5.41) is 10.0. The molecule has 4 rings (SSSR count). The fourth-order valence-electron chi connectivity index (χ4n) is 5.78. The van der Waals surface area contributed by atoms with Gasteiger partial charge in [0.1, 0.15) is 5.82 Å². The van der Waals surface area contributed by atoms with Crippen LogP contribution in [0.3, 0.4) is 0 Å². The van der Waals surface area contributed by atoms with Crippen LogP contribution >= 0.6 is 0 Å². The lowest BCUT2D eigenvalue weighted by molar-refractivity contribution is 0.332. The highest BCUT2D eigenvalue weighted by Gasteiger charge is 2.14. The number of pyridine rings is 1. The quantitative estimate of drug-likeness (QED) is 0.106. The molecule has 0 aliphatic heterocycles. The van der Waals surface area contributed by atoms with E-state index in [1.807, 2.05) is 24.3 Å². The molecule has 0 saturated heterocycles. The minimum absolute atomic E-state index is 0.805. The Labute approximate surface area is 260 Å². The fraction of sp³-hybridized carbons (Fsp3) is 0.500. The number of nitrogen functional groups attached to an aromatic ring is 1. The van der Waals surface area contributed by atoms with E-state index in [4.69, 9.17) is 16.2 Å². The maximum Gasteiger partial charge on any atom is 0.149 e. The van der Waals surface area contributed by atoms with Crippen molar-refractivity contribution in [3.63, 3.8) is 0 Å². The maximum atomic E-state index is 6.71. The van der Waals surface area contributed by atoms with Crippen molar-refractivity contribution in [3.05, 3.63) is 88.7 Å². The molecule has 0 atom stereocenters. The zero-order valence-corrected chi connectivity index (χ0v) is 26.9. The summed E-state index contributed by atoms with van der Waals surface area (Å²) in [6.45, 7) is 9.04. The van der Waals surface area contributed by atoms with E-state index in [1.165, 1.54) is 80.8 Å². The third-order valence-corrected chi connectivity index (χ3v) is 8.15. The Morgan fingerprint density at radius 1 is 1.09 bits per heavy atom. The Kier molecular flexibility index (Phi) is 17.5. The molecule has 1 saturated carbocycles. The van der Waals surface area contributed by atoms with E-state index in [-0.39, 0.29) is 0 Å². The number of aromatic nitrogens is 1. The Hall–Kier alpha value is -3.58. The van der Waals surface area contributed by atoms with Gasteiger partial charge in [-0.05, 0) is 98.7 Å². The number of aryl methyl sites for hydroxylation is 2. The molecular weight excluding hydrogens is 530 g/mol. The second-order valence-electron chi connectivity index (χ2n) is 11.3. The molecule has 1 heterocycles. The third kappa shape index (κ3) is 12.7. The number of benzene rings is 1. The normalized spacial score (nSPS) is 15.2. The van der Waals surface area contributed by atoms with E-state index < -0.39 is 0 Å². The van der Waals surface area contributed by atoms with Crippen LogP contribution < -0.4 is 16.8 Å². The number of nitrogens with one attached hydrogen (secondary N) is 2. The smallest absolute Gasteiger partial charge is 0.149 e. The molecule has 0 radical (unpaired) electrons. The van der Waals surface area contributed by atoms with Crippen molar-refractivity contribution in [2.75, 3.05) is 24.6 Å². The van der Waals surface area contributed by atoms with Crippen molar-refractivity contribution in [2.24, 2.45) is 22.0 Å². The molecule has 7 heteroatoms. The van der Waals surface area contributed by atoms with Crippen LogP contribution in [0.25, 0.3) is 0 Å². The fourth-order valence-corrected chi connectivity index (χ4v) is 5.78. The number of nitrogens with zero attached hydrogens (tertiary/aromatic N) is 3. The first-order chi connectivity index (χ1) is 21.0. The second kappa shape index (κ2) is 21.2. The molecule has 1 aromatic heterocycles. The highest BCUT2D eigenvalue weighted by Crippen LogP contribution is 2.29. The minimum Gasteiger partial charge on any atom is -0.396 e. The zero-order valence-electron chi connectivity index (χ0n) is 26.9. The average molecular weight is 586 g/mol. The van der Waals surface area contributed by atoms with Crippen LogP contribution in [0, 0.1) is 18.4 Å². The number of hydrogen-bond donors (Lipinski definition) is 4. The number of anilines is 2. The van der Waals surface area contributed by atoms with Crippen molar-refractivity contribution in [1.82, 2.24) is 4.98 Å². The monoisotopic (exact) mass is 585 g/mol.